The van der Waals surface area contributed by atoms with Crippen LogP contribution in [-0.4, -0.2) is 11.3 Å². The van der Waals surface area contributed by atoms with E-state index in [1.165, 1.54) is 5.56 Å². The minimum atomic E-state index is 0.578. The predicted molar refractivity (Wildman–Crippen MR) is 93.3 cm³/mol. The van der Waals surface area contributed by atoms with E-state index in [-0.39, 0.29) is 0 Å². The van der Waals surface area contributed by atoms with E-state index in [2.05, 4.69) is 23.2 Å². The minimum absolute atomic E-state index is 0.578. The summed E-state index contributed by atoms with van der Waals surface area (Å²) in [6.45, 7) is 0. The van der Waals surface area contributed by atoms with Crippen LogP contribution >= 0.6 is 0 Å². The van der Waals surface area contributed by atoms with Crippen LogP contribution in [0.2, 0.25) is 0 Å². The minimum Gasteiger partial charge on any atom is -0.383 e. The van der Waals surface area contributed by atoms with E-state index in [9.17, 15) is 4.79 Å². The van der Waals surface area contributed by atoms with Crippen LogP contribution in [0.1, 0.15) is 21.5 Å². The Labute approximate surface area is 135 Å². The van der Waals surface area contributed by atoms with Gasteiger partial charge in [0.2, 0.25) is 0 Å². The standard InChI is InChI=1S/C20H18N2O/c21-20-18(11-6-15-4-2-1-3-5-15)12-19(13-22-20)17-9-7-16(14-23)8-10-17/h1-5,7-10,12-14H,6,11H2,(H2,21,22). The quantitative estimate of drug-likeness (QED) is 0.727. The molecule has 0 bridgehead atoms. The molecule has 0 saturated heterocycles. The highest BCUT2D eigenvalue weighted by Crippen LogP contribution is 2.23. The smallest absolute Gasteiger partial charge is 0.150 e. The summed E-state index contributed by atoms with van der Waals surface area (Å²) >= 11 is 0. The van der Waals surface area contributed by atoms with Gasteiger partial charge in [0.25, 0.3) is 0 Å². The van der Waals surface area contributed by atoms with Crippen molar-refractivity contribution in [1.29, 1.82) is 0 Å². The first-order valence-electron chi connectivity index (χ1n) is 7.60. The first kappa shape index (κ1) is 15.0. The molecule has 3 nitrogen and oxygen atoms in total. The average Bonchev–Trinajstić information content (AvgIpc) is 2.62. The molecule has 0 saturated carbocycles. The molecule has 2 N–H and O–H groups in total. The maximum absolute atomic E-state index is 10.7. The lowest BCUT2D eigenvalue weighted by atomic mass is 10.0. The molecule has 0 atom stereocenters. The van der Waals surface area contributed by atoms with E-state index in [1.807, 2.05) is 42.5 Å². The fourth-order valence-electron chi connectivity index (χ4n) is 2.56. The third-order valence-electron chi connectivity index (χ3n) is 3.91. The highest BCUT2D eigenvalue weighted by molar-refractivity contribution is 5.77. The molecule has 2 aromatic carbocycles. The van der Waals surface area contributed by atoms with E-state index in [1.54, 1.807) is 6.20 Å². The number of benzene rings is 2. The lowest BCUT2D eigenvalue weighted by molar-refractivity contribution is 0.112. The Balaban J connectivity index is 1.82. The third kappa shape index (κ3) is 3.64. The number of nitrogens with two attached hydrogens (primary N) is 1. The number of aromatic nitrogens is 1. The second-order valence-electron chi connectivity index (χ2n) is 5.49. The number of hydrogen-bond acceptors (Lipinski definition) is 3. The normalized spacial score (nSPS) is 10.4. The summed E-state index contributed by atoms with van der Waals surface area (Å²) in [7, 11) is 0. The van der Waals surface area contributed by atoms with E-state index in [0.29, 0.717) is 11.4 Å². The molecule has 0 aliphatic rings. The lowest BCUT2D eigenvalue weighted by Crippen LogP contribution is -2.00. The van der Waals surface area contributed by atoms with Gasteiger partial charge in [-0.3, -0.25) is 4.79 Å². The van der Waals surface area contributed by atoms with Crippen LogP contribution in [-0.2, 0) is 12.8 Å². The maximum Gasteiger partial charge on any atom is 0.150 e. The van der Waals surface area contributed by atoms with Gasteiger partial charge in [0.15, 0.2) is 0 Å². The number of nitrogen functional groups attached to an aromatic ring is 1. The molecular formula is C20H18N2O. The number of carbonyl (C=O) groups is 1. The molecule has 0 spiro atoms. The maximum atomic E-state index is 10.7. The number of nitrogens with zero attached hydrogens (tertiary/aromatic N) is 1. The molecule has 3 rings (SSSR count). The molecule has 0 radical (unpaired) electrons. The monoisotopic (exact) mass is 302 g/mol. The van der Waals surface area contributed by atoms with Gasteiger partial charge in [-0.1, -0.05) is 54.6 Å². The number of rotatable bonds is 5. The predicted octanol–water partition coefficient (Wildman–Crippen LogP) is 3.93. The van der Waals surface area contributed by atoms with Crippen molar-refractivity contribution in [1.82, 2.24) is 4.98 Å². The van der Waals surface area contributed by atoms with Crippen LogP contribution in [0.25, 0.3) is 11.1 Å². The summed E-state index contributed by atoms with van der Waals surface area (Å²) in [4.78, 5) is 15.1. The van der Waals surface area contributed by atoms with Gasteiger partial charge in [-0.15, -0.1) is 0 Å². The second-order valence-corrected chi connectivity index (χ2v) is 5.49. The van der Waals surface area contributed by atoms with Crippen LogP contribution in [0.5, 0.6) is 0 Å². The SMILES string of the molecule is Nc1ncc(-c2ccc(C=O)cc2)cc1CCc1ccccc1. The summed E-state index contributed by atoms with van der Waals surface area (Å²) in [5.74, 6) is 0.578. The zero-order chi connectivity index (χ0) is 16.1. The van der Waals surface area contributed by atoms with Crippen molar-refractivity contribution >= 4 is 12.1 Å². The largest absolute Gasteiger partial charge is 0.383 e. The molecule has 0 fully saturated rings. The summed E-state index contributed by atoms with van der Waals surface area (Å²) in [6, 6.07) is 19.9. The molecule has 0 unspecified atom stereocenters. The van der Waals surface area contributed by atoms with E-state index in [0.717, 1.165) is 35.8 Å². The molecular weight excluding hydrogens is 284 g/mol. The Bertz CT molecular complexity index is 796. The van der Waals surface area contributed by atoms with Gasteiger partial charge >= 0.3 is 0 Å². The Morgan fingerprint density at radius 2 is 1.65 bits per heavy atom. The summed E-state index contributed by atoms with van der Waals surface area (Å²) < 4.78 is 0. The van der Waals surface area contributed by atoms with Crippen molar-refractivity contribution in [2.24, 2.45) is 0 Å². The lowest BCUT2D eigenvalue weighted by Gasteiger charge is -2.09. The molecule has 3 aromatic rings. The van der Waals surface area contributed by atoms with Crippen molar-refractivity contribution in [2.45, 2.75) is 12.8 Å². The van der Waals surface area contributed by atoms with Crippen molar-refractivity contribution in [3.63, 3.8) is 0 Å². The van der Waals surface area contributed by atoms with E-state index >= 15 is 0 Å². The van der Waals surface area contributed by atoms with Crippen molar-refractivity contribution in [3.8, 4) is 11.1 Å². The average molecular weight is 302 g/mol. The fraction of sp³-hybridized carbons (Fsp3) is 0.100. The summed E-state index contributed by atoms with van der Waals surface area (Å²) in [6.07, 6.45) is 4.40. The Hall–Kier alpha value is -2.94. The molecule has 3 heteroatoms. The summed E-state index contributed by atoms with van der Waals surface area (Å²) in [5, 5.41) is 0. The molecule has 114 valence electrons. The van der Waals surface area contributed by atoms with Gasteiger partial charge in [-0.05, 0) is 35.6 Å². The summed E-state index contributed by atoms with van der Waals surface area (Å²) in [5.41, 5.74) is 11.1. The van der Waals surface area contributed by atoms with Crippen molar-refractivity contribution in [2.75, 3.05) is 5.73 Å². The number of anilines is 1. The molecule has 0 aliphatic heterocycles. The Morgan fingerprint density at radius 1 is 0.913 bits per heavy atom. The first-order chi connectivity index (χ1) is 11.3. The third-order valence-corrected chi connectivity index (χ3v) is 3.91. The topological polar surface area (TPSA) is 56.0 Å². The van der Waals surface area contributed by atoms with Crippen LogP contribution in [0.15, 0.2) is 66.9 Å². The van der Waals surface area contributed by atoms with Crippen molar-refractivity contribution in [3.05, 3.63) is 83.6 Å². The molecule has 1 heterocycles. The van der Waals surface area contributed by atoms with E-state index in [4.69, 9.17) is 5.73 Å². The number of hydrogen-bond donors (Lipinski definition) is 1. The van der Waals surface area contributed by atoms with Crippen LogP contribution in [0, 0.1) is 0 Å². The Morgan fingerprint density at radius 3 is 2.35 bits per heavy atom. The highest BCUT2D eigenvalue weighted by atomic mass is 16.1. The first-order valence-corrected chi connectivity index (χ1v) is 7.60. The molecule has 0 amide bonds. The molecule has 0 aliphatic carbocycles. The van der Waals surface area contributed by atoms with Gasteiger partial charge in [-0.25, -0.2) is 4.98 Å². The second kappa shape index (κ2) is 6.88. The molecule has 1 aromatic heterocycles. The van der Waals surface area contributed by atoms with Crippen LogP contribution < -0.4 is 5.73 Å². The molecule has 23 heavy (non-hydrogen) atoms. The van der Waals surface area contributed by atoms with Gasteiger partial charge in [0.05, 0.1) is 0 Å². The fourth-order valence-corrected chi connectivity index (χ4v) is 2.56. The number of carbonyl (C=O) groups excluding carboxylic acids is 1. The van der Waals surface area contributed by atoms with Crippen LogP contribution in [0.3, 0.4) is 0 Å². The zero-order valence-electron chi connectivity index (χ0n) is 12.8. The van der Waals surface area contributed by atoms with Gasteiger partial charge in [0, 0.05) is 17.3 Å². The number of pyridine rings is 1. The number of aldehydes is 1. The van der Waals surface area contributed by atoms with Gasteiger partial charge in [0.1, 0.15) is 12.1 Å². The van der Waals surface area contributed by atoms with E-state index < -0.39 is 0 Å². The van der Waals surface area contributed by atoms with Crippen LogP contribution in [0.4, 0.5) is 5.82 Å². The van der Waals surface area contributed by atoms with Gasteiger partial charge < -0.3 is 5.73 Å². The zero-order valence-corrected chi connectivity index (χ0v) is 12.8. The van der Waals surface area contributed by atoms with Crippen molar-refractivity contribution < 1.29 is 4.79 Å². The number of aryl methyl sites for hydroxylation is 2. The Kier molecular flexibility index (Phi) is 4.48. The highest BCUT2D eigenvalue weighted by Gasteiger charge is 2.05. The van der Waals surface area contributed by atoms with Gasteiger partial charge in [-0.2, -0.15) is 0 Å².